The maximum absolute atomic E-state index is 13.5. The molecule has 22 heavy (non-hydrogen) atoms. The van der Waals surface area contributed by atoms with Crippen molar-refractivity contribution in [3.63, 3.8) is 0 Å². The van der Waals surface area contributed by atoms with Gasteiger partial charge >= 0.3 is 6.09 Å². The van der Waals surface area contributed by atoms with Crippen LogP contribution in [0, 0.1) is 5.82 Å². The topological polar surface area (TPSA) is 80.7 Å². The molecule has 2 aliphatic rings. The predicted octanol–water partition coefficient (Wildman–Crippen LogP) is 2.29. The maximum atomic E-state index is 13.5. The summed E-state index contributed by atoms with van der Waals surface area (Å²) in [4.78, 5) is 14.6. The number of hydrogen-bond donors (Lipinski definition) is 2. The smallest absolute Gasteiger partial charge is 0.404 e. The van der Waals surface area contributed by atoms with Crippen molar-refractivity contribution in [2.75, 3.05) is 13.2 Å². The van der Waals surface area contributed by atoms with Gasteiger partial charge in [-0.15, -0.1) is 0 Å². The van der Waals surface area contributed by atoms with Gasteiger partial charge in [0.15, 0.2) is 0 Å². The molecule has 1 aromatic rings. The van der Waals surface area contributed by atoms with E-state index < -0.39 is 6.09 Å². The van der Waals surface area contributed by atoms with E-state index in [0.717, 1.165) is 24.6 Å². The van der Waals surface area contributed by atoms with Gasteiger partial charge in [0, 0.05) is 37.7 Å². The fourth-order valence-electron chi connectivity index (χ4n) is 2.95. The van der Waals surface area contributed by atoms with Crippen LogP contribution < -0.4 is 10.1 Å². The first-order valence-electron chi connectivity index (χ1n) is 7.51. The van der Waals surface area contributed by atoms with E-state index in [1.807, 2.05) is 0 Å². The summed E-state index contributed by atoms with van der Waals surface area (Å²) in [5, 5.41) is 11.1. The molecule has 1 saturated carbocycles. The Balaban J connectivity index is 1.65. The Hall–Kier alpha value is -1.89. The Morgan fingerprint density at radius 2 is 2.14 bits per heavy atom. The highest BCUT2D eigenvalue weighted by atomic mass is 19.1. The second-order valence-electron chi connectivity index (χ2n) is 5.79. The summed E-state index contributed by atoms with van der Waals surface area (Å²) < 4.78 is 24.7. The molecule has 2 fully saturated rings. The summed E-state index contributed by atoms with van der Waals surface area (Å²) in [5.41, 5.74) is 0.790. The van der Waals surface area contributed by atoms with E-state index in [9.17, 15) is 9.18 Å². The highest BCUT2D eigenvalue weighted by Gasteiger charge is 2.33. The molecule has 0 spiro atoms. The minimum Gasteiger partial charge on any atom is -0.474 e. The first-order valence-corrected chi connectivity index (χ1v) is 7.51. The number of nitrogens with one attached hydrogen (secondary N) is 1. The van der Waals surface area contributed by atoms with Crippen LogP contribution in [0.15, 0.2) is 12.3 Å². The lowest BCUT2D eigenvalue weighted by Crippen LogP contribution is -2.48. The van der Waals surface area contributed by atoms with Crippen molar-refractivity contribution < 1.29 is 23.8 Å². The molecule has 7 heteroatoms. The third kappa shape index (κ3) is 3.47. The van der Waals surface area contributed by atoms with Gasteiger partial charge in [-0.25, -0.2) is 14.2 Å². The third-order valence-corrected chi connectivity index (χ3v) is 4.21. The van der Waals surface area contributed by atoms with Gasteiger partial charge in [0.1, 0.15) is 11.9 Å². The summed E-state index contributed by atoms with van der Waals surface area (Å²) >= 11 is 0. The molecule has 0 radical (unpaired) electrons. The lowest BCUT2D eigenvalue weighted by Gasteiger charge is -2.35. The van der Waals surface area contributed by atoms with Crippen LogP contribution in [0.5, 0.6) is 5.88 Å². The maximum Gasteiger partial charge on any atom is 0.404 e. The molecule has 1 aromatic heterocycles. The van der Waals surface area contributed by atoms with Crippen LogP contribution in [-0.2, 0) is 4.74 Å². The zero-order valence-corrected chi connectivity index (χ0v) is 12.1. The fraction of sp³-hybridized carbons (Fsp3) is 0.600. The molecule has 1 amide bonds. The number of ether oxygens (including phenoxy) is 2. The van der Waals surface area contributed by atoms with E-state index in [2.05, 4.69) is 10.3 Å². The van der Waals surface area contributed by atoms with Crippen molar-refractivity contribution in [1.29, 1.82) is 0 Å². The molecule has 2 N–H and O–H groups in total. The van der Waals surface area contributed by atoms with E-state index in [0.29, 0.717) is 31.9 Å². The van der Waals surface area contributed by atoms with Crippen molar-refractivity contribution in [1.82, 2.24) is 10.3 Å². The van der Waals surface area contributed by atoms with Crippen molar-refractivity contribution >= 4 is 6.09 Å². The van der Waals surface area contributed by atoms with Gasteiger partial charge in [0.05, 0.1) is 6.20 Å². The highest BCUT2D eigenvalue weighted by molar-refractivity contribution is 5.65. The van der Waals surface area contributed by atoms with Crippen LogP contribution >= 0.6 is 0 Å². The van der Waals surface area contributed by atoms with Crippen LogP contribution in [0.2, 0.25) is 0 Å². The minimum absolute atomic E-state index is 0.0746. The number of hydrogen-bond acceptors (Lipinski definition) is 4. The minimum atomic E-state index is -1.02. The number of carbonyl (C=O) groups is 1. The normalized spacial score (nSPS) is 25.3. The van der Waals surface area contributed by atoms with Crippen molar-refractivity contribution in [3.05, 3.63) is 23.6 Å². The zero-order valence-electron chi connectivity index (χ0n) is 12.1. The second-order valence-corrected chi connectivity index (χ2v) is 5.79. The van der Waals surface area contributed by atoms with Gasteiger partial charge in [0.25, 0.3) is 0 Å². The molecule has 0 atom stereocenters. The van der Waals surface area contributed by atoms with Gasteiger partial charge in [-0.2, -0.15) is 0 Å². The summed E-state index contributed by atoms with van der Waals surface area (Å²) in [7, 11) is 0. The molecule has 0 aromatic carbocycles. The largest absolute Gasteiger partial charge is 0.474 e. The lowest BCUT2D eigenvalue weighted by molar-refractivity contribution is 0.0708. The van der Waals surface area contributed by atoms with Gasteiger partial charge in [0.2, 0.25) is 5.88 Å². The molecular weight excluding hydrogens is 291 g/mol. The molecule has 3 rings (SSSR count). The Kier molecular flexibility index (Phi) is 4.42. The van der Waals surface area contributed by atoms with Gasteiger partial charge in [-0.1, -0.05) is 0 Å². The molecule has 0 bridgehead atoms. The molecule has 1 saturated heterocycles. The van der Waals surface area contributed by atoms with Gasteiger partial charge in [-0.3, -0.25) is 0 Å². The molecule has 2 heterocycles. The summed E-state index contributed by atoms with van der Waals surface area (Å²) in [6.45, 7) is 1.32. The first-order chi connectivity index (χ1) is 10.6. The number of nitrogens with zero attached hydrogens (tertiary/aromatic N) is 1. The number of rotatable bonds is 4. The lowest BCUT2D eigenvalue weighted by atomic mass is 9.89. The summed E-state index contributed by atoms with van der Waals surface area (Å²) in [5.74, 6) is 0.292. The zero-order chi connectivity index (χ0) is 15.5. The Labute approximate surface area is 127 Å². The van der Waals surface area contributed by atoms with E-state index in [1.165, 1.54) is 6.07 Å². The number of pyridine rings is 1. The number of carboxylic acid groups (broad SMARTS) is 1. The number of halogens is 1. The second kappa shape index (κ2) is 6.48. The molecule has 0 unspecified atom stereocenters. The van der Waals surface area contributed by atoms with E-state index in [1.54, 1.807) is 0 Å². The van der Waals surface area contributed by atoms with E-state index in [4.69, 9.17) is 14.6 Å². The van der Waals surface area contributed by atoms with Crippen LogP contribution in [0.3, 0.4) is 0 Å². The Bertz CT molecular complexity index is 542. The third-order valence-electron chi connectivity index (χ3n) is 4.21. The average Bonchev–Trinajstić information content (AvgIpc) is 2.47. The van der Waals surface area contributed by atoms with E-state index >= 15 is 0 Å². The number of amides is 1. The first kappa shape index (κ1) is 15.0. The SMILES string of the molecule is O=C(O)NC1CC(Oc2ncc(F)cc2C2CCOCC2)C1. The molecular formula is C15H19FN2O4. The standard InChI is InChI=1S/C15H19FN2O4/c16-10-5-13(9-1-3-21-4-2-9)14(17-8-10)22-12-6-11(7-12)18-15(19)20/h5,8-9,11-12,18H,1-4,6-7H2,(H,19,20). The predicted molar refractivity (Wildman–Crippen MR) is 75.6 cm³/mol. The van der Waals surface area contributed by atoms with Crippen LogP contribution in [0.1, 0.15) is 37.2 Å². The quantitative estimate of drug-likeness (QED) is 0.892. The van der Waals surface area contributed by atoms with Crippen molar-refractivity contribution in [3.8, 4) is 5.88 Å². The van der Waals surface area contributed by atoms with Crippen LogP contribution in [-0.4, -0.2) is 41.5 Å². The summed E-state index contributed by atoms with van der Waals surface area (Å²) in [6, 6.07) is 1.42. The van der Waals surface area contributed by atoms with Crippen LogP contribution in [0.4, 0.5) is 9.18 Å². The van der Waals surface area contributed by atoms with Crippen molar-refractivity contribution in [2.24, 2.45) is 0 Å². The molecule has 1 aliphatic heterocycles. The molecule has 120 valence electrons. The Morgan fingerprint density at radius 3 is 2.82 bits per heavy atom. The highest BCUT2D eigenvalue weighted by Crippen LogP contribution is 2.35. The Morgan fingerprint density at radius 1 is 1.41 bits per heavy atom. The number of aromatic nitrogens is 1. The van der Waals surface area contributed by atoms with E-state index in [-0.39, 0.29) is 23.9 Å². The van der Waals surface area contributed by atoms with Crippen LogP contribution in [0.25, 0.3) is 0 Å². The van der Waals surface area contributed by atoms with Gasteiger partial charge < -0.3 is 19.9 Å². The molecule has 6 nitrogen and oxygen atoms in total. The van der Waals surface area contributed by atoms with Crippen molar-refractivity contribution in [2.45, 2.75) is 43.7 Å². The fourth-order valence-corrected chi connectivity index (χ4v) is 2.95. The van der Waals surface area contributed by atoms with Gasteiger partial charge in [-0.05, 0) is 24.8 Å². The summed E-state index contributed by atoms with van der Waals surface area (Å²) in [6.07, 6.45) is 2.94. The monoisotopic (exact) mass is 310 g/mol. The average molecular weight is 310 g/mol. The molecule has 1 aliphatic carbocycles.